The van der Waals surface area contributed by atoms with E-state index in [2.05, 4.69) is 63.6 Å². The van der Waals surface area contributed by atoms with Gasteiger partial charge in [0.2, 0.25) is 5.88 Å². The number of nitrogens with one attached hydrogen (secondary N) is 2. The molecule has 2 aromatic rings. The van der Waals surface area contributed by atoms with E-state index in [9.17, 15) is 0 Å². The minimum atomic E-state index is 0. The fourth-order valence-corrected chi connectivity index (χ4v) is 2.67. The van der Waals surface area contributed by atoms with Crippen LogP contribution in [0.3, 0.4) is 0 Å². The summed E-state index contributed by atoms with van der Waals surface area (Å²) < 4.78 is 5.15. The number of benzene rings is 1. The monoisotopic (exact) mass is 483 g/mol. The summed E-state index contributed by atoms with van der Waals surface area (Å²) in [4.78, 5) is 11.0. The van der Waals surface area contributed by atoms with E-state index in [4.69, 9.17) is 4.74 Å². The molecule has 0 atom stereocenters. The molecule has 7 heteroatoms. The summed E-state index contributed by atoms with van der Waals surface area (Å²) in [6.07, 6.45) is 0. The van der Waals surface area contributed by atoms with Crippen LogP contribution in [-0.4, -0.2) is 44.7 Å². The van der Waals surface area contributed by atoms with E-state index in [0.717, 1.165) is 31.3 Å². The van der Waals surface area contributed by atoms with Crippen LogP contribution in [0.2, 0.25) is 0 Å². The first-order valence-corrected chi connectivity index (χ1v) is 8.92. The molecule has 0 aliphatic rings. The van der Waals surface area contributed by atoms with Crippen molar-refractivity contribution in [2.45, 2.75) is 20.4 Å². The van der Waals surface area contributed by atoms with Gasteiger partial charge < -0.3 is 20.3 Å². The first-order chi connectivity index (χ1) is 12.7. The molecule has 0 unspecified atom stereocenters. The Morgan fingerprint density at radius 2 is 1.96 bits per heavy atom. The number of anilines is 1. The Kier molecular flexibility index (Phi) is 10.5. The fraction of sp³-hybridized carbons (Fsp3) is 0.400. The Balaban J connectivity index is 0.00000364. The van der Waals surface area contributed by atoms with E-state index in [1.807, 2.05) is 18.2 Å². The van der Waals surface area contributed by atoms with Gasteiger partial charge in [-0.2, -0.15) is 0 Å². The van der Waals surface area contributed by atoms with Crippen molar-refractivity contribution in [2.24, 2.45) is 4.99 Å². The lowest BCUT2D eigenvalue weighted by molar-refractivity contribution is 0.396. The van der Waals surface area contributed by atoms with Gasteiger partial charge in [0.25, 0.3) is 0 Å². The molecule has 0 saturated carbocycles. The highest BCUT2D eigenvalue weighted by atomic mass is 127. The molecule has 0 spiro atoms. The minimum Gasteiger partial charge on any atom is -0.481 e. The lowest BCUT2D eigenvalue weighted by Gasteiger charge is -2.24. The molecule has 6 nitrogen and oxygen atoms in total. The quantitative estimate of drug-likeness (QED) is 0.343. The largest absolute Gasteiger partial charge is 0.481 e. The van der Waals surface area contributed by atoms with Crippen LogP contribution in [0.15, 0.2) is 47.5 Å². The van der Waals surface area contributed by atoms with Crippen LogP contribution in [0.5, 0.6) is 5.88 Å². The Labute approximate surface area is 179 Å². The van der Waals surface area contributed by atoms with Gasteiger partial charge in [-0.3, -0.25) is 4.99 Å². The summed E-state index contributed by atoms with van der Waals surface area (Å²) in [5, 5.41) is 6.64. The Hall–Kier alpha value is -2.03. The van der Waals surface area contributed by atoms with Crippen LogP contribution in [-0.2, 0) is 6.54 Å². The van der Waals surface area contributed by atoms with Crippen LogP contribution in [0, 0.1) is 6.92 Å². The highest BCUT2D eigenvalue weighted by Crippen LogP contribution is 2.14. The molecule has 2 N–H and O–H groups in total. The number of rotatable bonds is 8. The number of hydrogen-bond donors (Lipinski definition) is 2. The maximum atomic E-state index is 5.15. The van der Waals surface area contributed by atoms with Gasteiger partial charge in [-0.15, -0.1) is 24.0 Å². The van der Waals surface area contributed by atoms with E-state index in [-0.39, 0.29) is 24.0 Å². The van der Waals surface area contributed by atoms with Gasteiger partial charge in [0.1, 0.15) is 0 Å². The number of likely N-dealkylation sites (N-methyl/N-ethyl adjacent to an activating group) is 1. The standard InChI is InChI=1S/C20H29N5O.HI/c1-5-25(18-10-6-8-16(2)14-18)13-12-22-20(21-3)23-15-17-9-7-11-19(24-17)26-4;/h6-11,14H,5,12-13,15H2,1-4H3,(H2,21,22,23);1H. The van der Waals surface area contributed by atoms with E-state index in [1.54, 1.807) is 14.2 Å². The van der Waals surface area contributed by atoms with E-state index in [1.165, 1.54) is 11.3 Å². The van der Waals surface area contributed by atoms with Gasteiger partial charge >= 0.3 is 0 Å². The van der Waals surface area contributed by atoms with Gasteiger partial charge in [0.05, 0.1) is 19.3 Å². The van der Waals surface area contributed by atoms with Gasteiger partial charge in [0, 0.05) is 38.4 Å². The number of aryl methyl sites for hydroxylation is 1. The average molecular weight is 483 g/mol. The number of hydrogen-bond acceptors (Lipinski definition) is 4. The highest BCUT2D eigenvalue weighted by molar-refractivity contribution is 14.0. The van der Waals surface area contributed by atoms with Gasteiger partial charge in [-0.05, 0) is 37.6 Å². The van der Waals surface area contributed by atoms with Crippen molar-refractivity contribution in [1.29, 1.82) is 0 Å². The highest BCUT2D eigenvalue weighted by Gasteiger charge is 2.05. The molecule has 0 fully saturated rings. The summed E-state index contributed by atoms with van der Waals surface area (Å²) in [5.41, 5.74) is 3.43. The predicted molar refractivity (Wildman–Crippen MR) is 123 cm³/mol. The SMILES string of the molecule is CCN(CCNC(=NC)NCc1cccc(OC)n1)c1cccc(C)c1.I. The van der Waals surface area contributed by atoms with Crippen molar-refractivity contribution in [3.63, 3.8) is 0 Å². The number of ether oxygens (including phenoxy) is 1. The van der Waals surface area contributed by atoms with Gasteiger partial charge in [0.15, 0.2) is 5.96 Å². The Morgan fingerprint density at radius 3 is 2.63 bits per heavy atom. The van der Waals surface area contributed by atoms with E-state index in [0.29, 0.717) is 12.4 Å². The molecule has 148 valence electrons. The second kappa shape index (κ2) is 12.4. The van der Waals surface area contributed by atoms with E-state index >= 15 is 0 Å². The normalized spacial score (nSPS) is 10.7. The molecular formula is C20H30IN5O. The molecule has 0 radical (unpaired) electrons. The third-order valence-corrected chi connectivity index (χ3v) is 4.07. The smallest absolute Gasteiger partial charge is 0.213 e. The maximum absolute atomic E-state index is 5.15. The third-order valence-electron chi connectivity index (χ3n) is 4.07. The zero-order chi connectivity index (χ0) is 18.8. The van der Waals surface area contributed by atoms with Crippen molar-refractivity contribution in [2.75, 3.05) is 38.7 Å². The molecule has 0 bridgehead atoms. The van der Waals surface area contributed by atoms with E-state index < -0.39 is 0 Å². The van der Waals surface area contributed by atoms with Crippen LogP contribution in [0.1, 0.15) is 18.2 Å². The summed E-state index contributed by atoms with van der Waals surface area (Å²) in [7, 11) is 3.39. The first-order valence-electron chi connectivity index (χ1n) is 8.92. The number of pyridine rings is 1. The maximum Gasteiger partial charge on any atom is 0.213 e. The summed E-state index contributed by atoms with van der Waals surface area (Å²) in [5.74, 6) is 1.37. The molecule has 0 aliphatic heterocycles. The zero-order valence-corrected chi connectivity index (χ0v) is 18.9. The van der Waals surface area contributed by atoms with Crippen LogP contribution >= 0.6 is 24.0 Å². The number of nitrogens with zero attached hydrogens (tertiary/aromatic N) is 3. The third kappa shape index (κ3) is 7.62. The van der Waals surface area contributed by atoms with Crippen LogP contribution in [0.4, 0.5) is 5.69 Å². The van der Waals surface area contributed by atoms with Crippen LogP contribution in [0.25, 0.3) is 0 Å². The number of aromatic nitrogens is 1. The zero-order valence-electron chi connectivity index (χ0n) is 16.5. The van der Waals surface area contributed by atoms with Crippen molar-refractivity contribution in [1.82, 2.24) is 15.6 Å². The van der Waals surface area contributed by atoms with Gasteiger partial charge in [-0.1, -0.05) is 18.2 Å². The Morgan fingerprint density at radius 1 is 1.19 bits per heavy atom. The van der Waals surface area contributed by atoms with Gasteiger partial charge in [-0.25, -0.2) is 4.98 Å². The lowest BCUT2D eigenvalue weighted by Crippen LogP contribution is -2.41. The first kappa shape index (κ1) is 23.0. The lowest BCUT2D eigenvalue weighted by atomic mass is 10.2. The summed E-state index contributed by atoms with van der Waals surface area (Å²) >= 11 is 0. The Bertz CT molecular complexity index is 723. The minimum absolute atomic E-state index is 0. The molecule has 0 saturated heterocycles. The molecule has 0 aliphatic carbocycles. The average Bonchev–Trinajstić information content (AvgIpc) is 2.67. The molecule has 1 heterocycles. The molecule has 27 heavy (non-hydrogen) atoms. The molecule has 0 amide bonds. The number of guanidine groups is 1. The predicted octanol–water partition coefficient (Wildman–Crippen LogP) is 3.21. The number of methoxy groups -OCH3 is 1. The molecular weight excluding hydrogens is 453 g/mol. The van der Waals surface area contributed by atoms with Crippen molar-refractivity contribution < 1.29 is 4.74 Å². The second-order valence-corrected chi connectivity index (χ2v) is 5.94. The molecule has 1 aromatic carbocycles. The number of aliphatic imine (C=N–C) groups is 1. The second-order valence-electron chi connectivity index (χ2n) is 5.94. The summed E-state index contributed by atoms with van der Waals surface area (Å²) in [6.45, 7) is 7.54. The fourth-order valence-electron chi connectivity index (χ4n) is 2.67. The summed E-state index contributed by atoms with van der Waals surface area (Å²) in [6, 6.07) is 14.3. The van der Waals surface area contributed by atoms with Crippen LogP contribution < -0.4 is 20.3 Å². The number of halogens is 1. The molecule has 1 aromatic heterocycles. The van der Waals surface area contributed by atoms with Crippen molar-refractivity contribution in [3.05, 3.63) is 53.7 Å². The van der Waals surface area contributed by atoms with Crippen molar-refractivity contribution >= 4 is 35.6 Å². The van der Waals surface area contributed by atoms with Crippen molar-refractivity contribution in [3.8, 4) is 5.88 Å². The topological polar surface area (TPSA) is 61.8 Å². The molecule has 2 rings (SSSR count).